The molecule has 1 heterocycles. The molecule has 5 nitrogen and oxygen atoms in total. The molecule has 0 saturated carbocycles. The van der Waals surface area contributed by atoms with Crippen LogP contribution in [0.5, 0.6) is 5.88 Å². The number of ether oxygens (including phenoxy) is 1. The molecule has 1 N–H and O–H groups in total. The van der Waals surface area contributed by atoms with Crippen molar-refractivity contribution in [2.75, 3.05) is 7.11 Å². The summed E-state index contributed by atoms with van der Waals surface area (Å²) in [5, 5.41) is 9.54. The van der Waals surface area contributed by atoms with E-state index in [1.54, 1.807) is 19.9 Å². The van der Waals surface area contributed by atoms with Crippen molar-refractivity contribution in [1.29, 1.82) is 0 Å². The second-order valence-electron chi connectivity index (χ2n) is 2.85. The first kappa shape index (κ1) is 15.2. The van der Waals surface area contributed by atoms with Crippen molar-refractivity contribution in [2.24, 2.45) is 0 Å². The molecule has 0 saturated heterocycles. The molecule has 1 radical (unpaired) electrons. The second kappa shape index (κ2) is 6.71. The summed E-state index contributed by atoms with van der Waals surface area (Å²) in [6.45, 7) is 3.36. The largest absolute Gasteiger partial charge is 0.493 e. The average Bonchev–Trinajstić information content (AvgIpc) is 2.22. The van der Waals surface area contributed by atoms with Crippen LogP contribution >= 0.6 is 0 Å². The van der Waals surface area contributed by atoms with Crippen molar-refractivity contribution < 1.29 is 47.3 Å². The Bertz CT molecular complexity index is 398. The third kappa shape index (κ3) is 3.09. The number of aromatic nitrogens is 2. The zero-order valence-electron chi connectivity index (χ0n) is 9.39. The van der Waals surface area contributed by atoms with E-state index in [0.29, 0.717) is 11.3 Å². The molecule has 0 atom stereocenters. The van der Waals surface area contributed by atoms with Gasteiger partial charge in [-0.1, -0.05) is 6.08 Å². The third-order valence-corrected chi connectivity index (χ3v) is 1.98. The molecule has 6 heteroatoms. The molecular formula is C10H12N2O3Y. The van der Waals surface area contributed by atoms with Crippen LogP contribution in [0.15, 0.2) is 12.4 Å². The van der Waals surface area contributed by atoms with Gasteiger partial charge < -0.3 is 9.84 Å². The van der Waals surface area contributed by atoms with E-state index in [9.17, 15) is 9.90 Å². The Kier molecular flexibility index (Phi) is 6.37. The van der Waals surface area contributed by atoms with Crippen LogP contribution in [0.2, 0.25) is 0 Å². The van der Waals surface area contributed by atoms with Gasteiger partial charge in [0, 0.05) is 32.7 Å². The second-order valence-corrected chi connectivity index (χ2v) is 2.85. The van der Waals surface area contributed by atoms with Gasteiger partial charge in [-0.15, -0.1) is 0 Å². The zero-order chi connectivity index (χ0) is 11.4. The molecule has 1 rings (SSSR count). The molecular weight excluding hydrogens is 285 g/mol. The number of allylic oxidation sites excluding steroid dienone is 1. The van der Waals surface area contributed by atoms with Gasteiger partial charge >= 0.3 is 5.97 Å². The summed E-state index contributed by atoms with van der Waals surface area (Å²) in [7, 11) is 1.28. The molecule has 0 fully saturated rings. The van der Waals surface area contributed by atoms with Gasteiger partial charge in [-0.05, 0) is 13.8 Å². The maximum Gasteiger partial charge on any atom is 0.338 e. The third-order valence-electron chi connectivity index (χ3n) is 1.98. The molecule has 0 spiro atoms. The van der Waals surface area contributed by atoms with Crippen LogP contribution < -0.4 is 0 Å². The number of nitrogens with zero attached hydrogens (tertiary/aromatic N) is 2. The van der Waals surface area contributed by atoms with Crippen molar-refractivity contribution in [3.8, 4) is 5.88 Å². The quantitative estimate of drug-likeness (QED) is 0.653. The van der Waals surface area contributed by atoms with Crippen LogP contribution in [0.3, 0.4) is 0 Å². The van der Waals surface area contributed by atoms with Crippen molar-refractivity contribution >= 4 is 11.5 Å². The Balaban J connectivity index is 0.00000225. The number of carbonyl (C=O) groups excluding carboxylic acids is 1. The molecule has 0 aliphatic heterocycles. The summed E-state index contributed by atoms with van der Waals surface area (Å²) in [6, 6.07) is 0. The van der Waals surface area contributed by atoms with Crippen molar-refractivity contribution in [2.45, 2.75) is 13.8 Å². The molecule has 1 aromatic rings. The van der Waals surface area contributed by atoms with Gasteiger partial charge in [0.15, 0.2) is 0 Å². The van der Waals surface area contributed by atoms with E-state index in [1.807, 2.05) is 0 Å². The maximum absolute atomic E-state index is 11.4. The molecule has 1 aromatic heterocycles. The van der Waals surface area contributed by atoms with E-state index < -0.39 is 5.97 Å². The SMILES string of the molecule is C/C=C(/C(=O)OC)c1c(C)ncnc1O.[Y]. The summed E-state index contributed by atoms with van der Waals surface area (Å²) in [4.78, 5) is 18.9. The van der Waals surface area contributed by atoms with E-state index >= 15 is 0 Å². The van der Waals surface area contributed by atoms with Crippen LogP contribution in [0, 0.1) is 6.92 Å². The van der Waals surface area contributed by atoms with E-state index in [1.165, 1.54) is 13.4 Å². The first-order chi connectivity index (χ1) is 7.11. The van der Waals surface area contributed by atoms with Crippen LogP contribution in [-0.4, -0.2) is 28.2 Å². The first-order valence-electron chi connectivity index (χ1n) is 4.37. The predicted octanol–water partition coefficient (Wildman–Crippen LogP) is 1.06. The summed E-state index contributed by atoms with van der Waals surface area (Å²) in [5.41, 5.74) is 1.10. The number of esters is 1. The Hall–Kier alpha value is -0.806. The summed E-state index contributed by atoms with van der Waals surface area (Å²) < 4.78 is 4.59. The standard InChI is InChI=1S/C10H12N2O3.Y/c1-4-7(10(14)15-3)8-6(2)11-5-12-9(8)13;/h4-5H,1-3H3,(H,11,12,13);/b7-4+;. The Morgan fingerprint density at radius 3 is 2.56 bits per heavy atom. The van der Waals surface area contributed by atoms with Crippen molar-refractivity contribution in [3.63, 3.8) is 0 Å². The molecule has 83 valence electrons. The summed E-state index contributed by atoms with van der Waals surface area (Å²) >= 11 is 0. The Morgan fingerprint density at radius 2 is 2.12 bits per heavy atom. The average molecular weight is 297 g/mol. The minimum absolute atomic E-state index is 0. The van der Waals surface area contributed by atoms with Gasteiger partial charge in [0.1, 0.15) is 6.33 Å². The Morgan fingerprint density at radius 1 is 1.50 bits per heavy atom. The fourth-order valence-electron chi connectivity index (χ4n) is 1.25. The van der Waals surface area contributed by atoms with E-state index in [0.717, 1.165) is 0 Å². The van der Waals surface area contributed by atoms with Crippen molar-refractivity contribution in [1.82, 2.24) is 9.97 Å². The number of aryl methyl sites for hydroxylation is 1. The minimum Gasteiger partial charge on any atom is -0.493 e. The molecule has 0 aliphatic rings. The normalized spacial score (nSPS) is 10.6. The zero-order valence-corrected chi connectivity index (χ0v) is 12.2. The number of rotatable bonds is 2. The number of carbonyl (C=O) groups is 1. The van der Waals surface area contributed by atoms with Gasteiger partial charge in [0.25, 0.3) is 0 Å². The van der Waals surface area contributed by atoms with Gasteiger partial charge in [-0.2, -0.15) is 0 Å². The van der Waals surface area contributed by atoms with Crippen LogP contribution in [0.1, 0.15) is 18.2 Å². The smallest absolute Gasteiger partial charge is 0.338 e. The minimum atomic E-state index is -0.522. The van der Waals surface area contributed by atoms with Gasteiger partial charge in [0.2, 0.25) is 5.88 Å². The molecule has 0 bridgehead atoms. The van der Waals surface area contributed by atoms with E-state index in [4.69, 9.17) is 0 Å². The predicted molar refractivity (Wildman–Crippen MR) is 54.1 cm³/mol. The number of aromatic hydroxyl groups is 1. The van der Waals surface area contributed by atoms with Crippen LogP contribution in [-0.2, 0) is 42.2 Å². The number of hydrogen-bond acceptors (Lipinski definition) is 5. The maximum atomic E-state index is 11.4. The van der Waals surface area contributed by atoms with Crippen LogP contribution in [0.4, 0.5) is 0 Å². The first-order valence-corrected chi connectivity index (χ1v) is 4.37. The molecule has 0 unspecified atom stereocenters. The molecule has 0 aromatic carbocycles. The van der Waals surface area contributed by atoms with Crippen molar-refractivity contribution in [3.05, 3.63) is 23.7 Å². The van der Waals surface area contributed by atoms with Crippen LogP contribution in [0.25, 0.3) is 5.57 Å². The number of methoxy groups -OCH3 is 1. The monoisotopic (exact) mass is 297 g/mol. The summed E-state index contributed by atoms with van der Waals surface area (Å²) in [6.07, 6.45) is 2.79. The van der Waals surface area contributed by atoms with Gasteiger partial charge in [0.05, 0.1) is 23.9 Å². The van der Waals surface area contributed by atoms with Gasteiger partial charge in [-0.25, -0.2) is 14.8 Å². The van der Waals surface area contributed by atoms with E-state index in [-0.39, 0.29) is 44.2 Å². The molecule has 0 aliphatic carbocycles. The topological polar surface area (TPSA) is 72.3 Å². The summed E-state index contributed by atoms with van der Waals surface area (Å²) in [5.74, 6) is -0.744. The number of hydrogen-bond donors (Lipinski definition) is 1. The fraction of sp³-hybridized carbons (Fsp3) is 0.300. The van der Waals surface area contributed by atoms with E-state index in [2.05, 4.69) is 14.7 Å². The Labute approximate surface area is 119 Å². The molecule has 0 amide bonds. The molecule has 16 heavy (non-hydrogen) atoms. The van der Waals surface area contributed by atoms with Gasteiger partial charge in [-0.3, -0.25) is 0 Å². The fourth-order valence-corrected chi connectivity index (χ4v) is 1.25.